The van der Waals surface area contributed by atoms with E-state index < -0.39 is 29.6 Å². The number of nitrogens with one attached hydrogen (secondary N) is 1. The molecule has 1 aliphatic rings. The lowest BCUT2D eigenvalue weighted by atomic mass is 9.77. The number of carbonyl (C=O) groups is 1. The van der Waals surface area contributed by atoms with Gasteiger partial charge < -0.3 is 19.0 Å². The Balaban J connectivity index is 2.00. The highest BCUT2D eigenvalue weighted by atomic mass is 32.2. The lowest BCUT2D eigenvalue weighted by Gasteiger charge is -2.32. The van der Waals surface area contributed by atoms with E-state index in [1.54, 1.807) is 32.3 Å². The van der Waals surface area contributed by atoms with Gasteiger partial charge in [0.1, 0.15) is 5.58 Å². The Morgan fingerprint density at radius 2 is 1.89 bits per heavy atom. The third-order valence-electron chi connectivity index (χ3n) is 6.62. The van der Waals surface area contributed by atoms with Gasteiger partial charge in [-0.15, -0.1) is 11.3 Å². The lowest BCUT2D eigenvalue weighted by molar-refractivity contribution is 0.00578. The van der Waals surface area contributed by atoms with Crippen LogP contribution in [-0.4, -0.2) is 51.6 Å². The second-order valence-electron chi connectivity index (χ2n) is 9.28. The molecular formula is C23H30BN3O6S2. The minimum atomic E-state index is -2.30. The first-order chi connectivity index (χ1) is 16.4. The zero-order valence-corrected chi connectivity index (χ0v) is 22.6. The number of anilines is 1. The number of fused-ring (bicyclic) bond motifs is 1. The van der Waals surface area contributed by atoms with Crippen LogP contribution in [0, 0.1) is 0 Å². The first-order valence-electron chi connectivity index (χ1n) is 11.5. The van der Waals surface area contributed by atoms with Crippen LogP contribution in [0.25, 0.3) is 21.6 Å². The summed E-state index contributed by atoms with van der Waals surface area (Å²) >= 11 is -0.837. The van der Waals surface area contributed by atoms with Gasteiger partial charge in [0.05, 0.1) is 32.3 Å². The molecular weight excluding hydrogens is 489 g/mol. The number of nitrogens with zero attached hydrogens (tertiary/aromatic N) is 2. The van der Waals surface area contributed by atoms with E-state index in [1.165, 1.54) is 15.6 Å². The molecule has 1 aromatic carbocycles. The predicted octanol–water partition coefficient (Wildman–Crippen LogP) is 3.74. The first-order valence-corrected chi connectivity index (χ1v) is 13.3. The summed E-state index contributed by atoms with van der Waals surface area (Å²) in [5.74, 6) is 0.0950. The van der Waals surface area contributed by atoms with Gasteiger partial charge >= 0.3 is 7.12 Å². The summed E-state index contributed by atoms with van der Waals surface area (Å²) in [6, 6.07) is 3.44. The summed E-state index contributed by atoms with van der Waals surface area (Å²) in [5.41, 5.74) is 0.501. The topological polar surface area (TPSA) is 114 Å². The van der Waals surface area contributed by atoms with Crippen LogP contribution in [0.2, 0.25) is 0 Å². The van der Waals surface area contributed by atoms with Crippen LogP contribution in [0.15, 0.2) is 22.7 Å². The number of furan rings is 1. The van der Waals surface area contributed by atoms with Crippen molar-refractivity contribution in [2.75, 3.05) is 17.9 Å². The Hall–Kier alpha value is -2.25. The fourth-order valence-electron chi connectivity index (χ4n) is 3.99. The predicted molar refractivity (Wildman–Crippen MR) is 140 cm³/mol. The number of carbonyl (C=O) groups excluding carboxylic acids is 1. The lowest BCUT2D eigenvalue weighted by Crippen LogP contribution is -2.41. The quantitative estimate of drug-likeness (QED) is 0.361. The Morgan fingerprint density at radius 3 is 2.40 bits per heavy atom. The minimum absolute atomic E-state index is 0.256. The maximum Gasteiger partial charge on any atom is 0.497 e. The number of amides is 1. The molecule has 2 N–H and O–H groups in total. The van der Waals surface area contributed by atoms with Crippen molar-refractivity contribution in [2.45, 2.75) is 59.2 Å². The summed E-state index contributed by atoms with van der Waals surface area (Å²) in [4.78, 5) is 18.2. The smallest absolute Gasteiger partial charge is 0.454 e. The molecule has 0 bridgehead atoms. The van der Waals surface area contributed by atoms with Crippen molar-refractivity contribution in [1.82, 2.24) is 10.3 Å². The normalized spacial score (nSPS) is 17.7. The van der Waals surface area contributed by atoms with Crippen LogP contribution < -0.4 is 15.1 Å². The van der Waals surface area contributed by atoms with E-state index in [0.29, 0.717) is 33.4 Å². The van der Waals surface area contributed by atoms with Crippen molar-refractivity contribution in [1.29, 1.82) is 0 Å². The van der Waals surface area contributed by atoms with Crippen LogP contribution in [0.4, 0.5) is 5.69 Å². The zero-order valence-electron chi connectivity index (χ0n) is 20.9. The molecule has 3 heterocycles. The van der Waals surface area contributed by atoms with Crippen molar-refractivity contribution >= 4 is 57.7 Å². The molecule has 35 heavy (non-hydrogen) atoms. The SMILES string of the molecule is CCc1ncc(-c2oc3cc(N(CC)S(=O)O)c(B4OC(C)(C)C(C)(C)O4)cc3c2C(=O)NC)s1. The van der Waals surface area contributed by atoms with Crippen molar-refractivity contribution in [3.8, 4) is 10.6 Å². The van der Waals surface area contributed by atoms with Gasteiger partial charge in [-0.05, 0) is 47.1 Å². The molecule has 0 saturated carbocycles. The van der Waals surface area contributed by atoms with Crippen molar-refractivity contribution < 1.29 is 27.3 Å². The second-order valence-corrected chi connectivity index (χ2v) is 11.3. The van der Waals surface area contributed by atoms with Crippen molar-refractivity contribution in [3.63, 3.8) is 0 Å². The van der Waals surface area contributed by atoms with Gasteiger partial charge in [0.2, 0.25) is 0 Å². The molecule has 0 spiro atoms. The average molecular weight is 519 g/mol. The first kappa shape index (κ1) is 25.8. The zero-order chi connectivity index (χ0) is 25.7. The Labute approximate surface area is 211 Å². The number of hydrogen-bond donors (Lipinski definition) is 2. The second kappa shape index (κ2) is 9.32. The molecule has 12 heteroatoms. The number of hydrogen-bond acceptors (Lipinski definition) is 7. The molecule has 1 aliphatic heterocycles. The van der Waals surface area contributed by atoms with E-state index in [4.69, 9.17) is 13.7 Å². The molecule has 1 fully saturated rings. The van der Waals surface area contributed by atoms with Crippen molar-refractivity contribution in [2.24, 2.45) is 0 Å². The molecule has 1 amide bonds. The van der Waals surface area contributed by atoms with Gasteiger partial charge in [-0.3, -0.25) is 13.7 Å². The van der Waals surface area contributed by atoms with Gasteiger partial charge in [0.15, 0.2) is 5.76 Å². The highest BCUT2D eigenvalue weighted by molar-refractivity contribution is 7.80. The highest BCUT2D eigenvalue weighted by Crippen LogP contribution is 2.40. The number of aromatic nitrogens is 1. The summed E-state index contributed by atoms with van der Waals surface area (Å²) in [7, 11) is 0.745. The summed E-state index contributed by atoms with van der Waals surface area (Å²) in [6.45, 7) is 11.8. The maximum absolute atomic E-state index is 13.0. The largest absolute Gasteiger partial charge is 0.497 e. The Kier molecular flexibility index (Phi) is 6.88. The van der Waals surface area contributed by atoms with Gasteiger partial charge in [-0.1, -0.05) is 6.92 Å². The molecule has 1 atom stereocenters. The van der Waals surface area contributed by atoms with Crippen LogP contribution in [0.5, 0.6) is 0 Å². The standard InChI is InChI=1S/C23H30BN3O6S2/c1-8-18-26-12-17(34-18)20-19(21(28)25-7)13-10-14(24-32-22(3,4)23(5,6)33-24)15(11-16(13)31-20)27(9-2)35(29)30/h10-12H,8-9H2,1-7H3,(H,25,28)(H,29,30). The van der Waals surface area contributed by atoms with E-state index in [1.807, 2.05) is 34.6 Å². The third kappa shape index (κ3) is 4.42. The fraction of sp³-hybridized carbons (Fsp3) is 0.478. The summed E-state index contributed by atoms with van der Waals surface area (Å²) in [6.07, 6.45) is 2.47. The third-order valence-corrected chi connectivity index (χ3v) is 8.60. The molecule has 1 unspecified atom stereocenters. The molecule has 1 saturated heterocycles. The average Bonchev–Trinajstić information content (AvgIpc) is 3.46. The van der Waals surface area contributed by atoms with Gasteiger partial charge in [-0.2, -0.15) is 0 Å². The van der Waals surface area contributed by atoms with E-state index >= 15 is 0 Å². The molecule has 188 valence electrons. The number of rotatable bonds is 7. The van der Waals surface area contributed by atoms with Crippen LogP contribution in [0.3, 0.4) is 0 Å². The number of benzene rings is 1. The van der Waals surface area contributed by atoms with Crippen LogP contribution in [0.1, 0.15) is 56.9 Å². The molecule has 0 aliphatic carbocycles. The molecule has 3 aromatic rings. The van der Waals surface area contributed by atoms with E-state index in [0.717, 1.165) is 16.3 Å². The van der Waals surface area contributed by atoms with E-state index in [-0.39, 0.29) is 12.5 Å². The van der Waals surface area contributed by atoms with Crippen LogP contribution >= 0.6 is 11.3 Å². The highest BCUT2D eigenvalue weighted by Gasteiger charge is 2.52. The van der Waals surface area contributed by atoms with Gasteiger partial charge in [-0.25, -0.2) is 9.19 Å². The monoisotopic (exact) mass is 519 g/mol. The minimum Gasteiger partial charge on any atom is -0.454 e. The number of thiazole rings is 1. The van der Waals surface area contributed by atoms with Gasteiger partial charge in [0, 0.05) is 36.7 Å². The summed E-state index contributed by atoms with van der Waals surface area (Å²) in [5, 5.41) is 4.18. The number of aryl methyl sites for hydroxylation is 1. The Morgan fingerprint density at radius 1 is 1.23 bits per heavy atom. The summed E-state index contributed by atoms with van der Waals surface area (Å²) < 4.78 is 42.3. The van der Waals surface area contributed by atoms with Crippen molar-refractivity contribution in [3.05, 3.63) is 28.9 Å². The molecule has 2 aromatic heterocycles. The molecule has 4 rings (SSSR count). The Bertz CT molecular complexity index is 1290. The van der Waals surface area contributed by atoms with E-state index in [9.17, 15) is 13.6 Å². The van der Waals surface area contributed by atoms with Crippen LogP contribution in [-0.2, 0) is 27.0 Å². The van der Waals surface area contributed by atoms with E-state index in [2.05, 4.69) is 10.3 Å². The maximum atomic E-state index is 13.0. The molecule has 0 radical (unpaired) electrons. The molecule has 9 nitrogen and oxygen atoms in total. The van der Waals surface area contributed by atoms with Gasteiger partial charge in [0.25, 0.3) is 17.2 Å². The fourth-order valence-corrected chi connectivity index (χ4v) is 5.38.